The molecule has 0 amide bonds. The Morgan fingerprint density at radius 1 is 1.33 bits per heavy atom. The van der Waals surface area contributed by atoms with Gasteiger partial charge in [0.2, 0.25) is 0 Å². The molecule has 1 aliphatic heterocycles. The number of aromatic nitrogens is 3. The van der Waals surface area contributed by atoms with Crippen LogP contribution >= 0.6 is 11.6 Å². The van der Waals surface area contributed by atoms with E-state index in [1.807, 2.05) is 18.5 Å². The maximum Gasteiger partial charge on any atom is 0.129 e. The Morgan fingerprint density at radius 3 is 3.06 bits per heavy atom. The lowest BCUT2D eigenvalue weighted by Gasteiger charge is -2.28. The normalized spacial score (nSPS) is 14.7. The summed E-state index contributed by atoms with van der Waals surface area (Å²) >= 11 is 5.94. The van der Waals surface area contributed by atoms with Gasteiger partial charge >= 0.3 is 0 Å². The van der Waals surface area contributed by atoms with Crippen LogP contribution < -0.4 is 4.90 Å². The summed E-state index contributed by atoms with van der Waals surface area (Å²) in [6.45, 7) is 2.36. The number of anilines is 1. The number of rotatable bonds is 2. The molecule has 3 heterocycles. The molecule has 0 spiro atoms. The first kappa shape index (κ1) is 11.5. The standard InChI is InChI=1S/C12H13ClN4O/c13-9-1-2-11(15-10(9)8-18)17-6-5-16-4-3-14-12(16)7-17/h1-4,18H,5-8H2. The van der Waals surface area contributed by atoms with Crippen molar-refractivity contribution in [2.45, 2.75) is 19.7 Å². The third-order valence-corrected chi connectivity index (χ3v) is 3.47. The Balaban J connectivity index is 1.88. The van der Waals surface area contributed by atoms with Crippen molar-refractivity contribution in [2.24, 2.45) is 0 Å². The highest BCUT2D eigenvalue weighted by Gasteiger charge is 2.18. The van der Waals surface area contributed by atoms with Crippen molar-refractivity contribution in [3.8, 4) is 0 Å². The number of aliphatic hydroxyl groups excluding tert-OH is 1. The van der Waals surface area contributed by atoms with Crippen molar-refractivity contribution in [1.82, 2.24) is 14.5 Å². The smallest absolute Gasteiger partial charge is 0.129 e. The molecule has 94 valence electrons. The summed E-state index contributed by atoms with van der Waals surface area (Å²) in [4.78, 5) is 10.8. The first-order valence-electron chi connectivity index (χ1n) is 5.79. The Bertz CT molecular complexity index is 569. The van der Waals surface area contributed by atoms with Crippen LogP contribution in [0, 0.1) is 0 Å². The Hall–Kier alpha value is -1.59. The van der Waals surface area contributed by atoms with Gasteiger partial charge in [-0.15, -0.1) is 0 Å². The molecule has 18 heavy (non-hydrogen) atoms. The average molecular weight is 265 g/mol. The molecule has 0 radical (unpaired) electrons. The molecule has 1 N–H and O–H groups in total. The molecule has 1 aliphatic rings. The van der Waals surface area contributed by atoms with Gasteiger partial charge in [-0.1, -0.05) is 11.6 Å². The zero-order chi connectivity index (χ0) is 12.5. The lowest BCUT2D eigenvalue weighted by molar-refractivity contribution is 0.277. The topological polar surface area (TPSA) is 54.2 Å². The molecule has 2 aromatic rings. The predicted octanol–water partition coefficient (Wildman–Crippen LogP) is 1.44. The molecule has 0 aromatic carbocycles. The van der Waals surface area contributed by atoms with Crippen molar-refractivity contribution < 1.29 is 5.11 Å². The highest BCUT2D eigenvalue weighted by Crippen LogP contribution is 2.22. The predicted molar refractivity (Wildman–Crippen MR) is 68.4 cm³/mol. The highest BCUT2D eigenvalue weighted by molar-refractivity contribution is 6.31. The van der Waals surface area contributed by atoms with E-state index in [-0.39, 0.29) is 6.61 Å². The number of halogens is 1. The molecule has 0 saturated carbocycles. The van der Waals surface area contributed by atoms with Crippen LogP contribution in [0.5, 0.6) is 0 Å². The minimum Gasteiger partial charge on any atom is -0.390 e. The van der Waals surface area contributed by atoms with E-state index < -0.39 is 0 Å². The molecular weight excluding hydrogens is 252 g/mol. The molecule has 0 fully saturated rings. The van der Waals surface area contributed by atoms with Gasteiger partial charge in [-0.05, 0) is 12.1 Å². The minimum atomic E-state index is -0.144. The van der Waals surface area contributed by atoms with Gasteiger partial charge in [0, 0.05) is 25.5 Å². The largest absolute Gasteiger partial charge is 0.390 e. The van der Waals surface area contributed by atoms with Crippen LogP contribution in [0.4, 0.5) is 5.82 Å². The van der Waals surface area contributed by atoms with Gasteiger partial charge in [0.1, 0.15) is 11.6 Å². The summed E-state index contributed by atoms with van der Waals surface area (Å²) in [5, 5.41) is 9.68. The van der Waals surface area contributed by atoms with Crippen LogP contribution in [-0.2, 0) is 19.7 Å². The van der Waals surface area contributed by atoms with Crippen molar-refractivity contribution in [2.75, 3.05) is 11.4 Å². The van der Waals surface area contributed by atoms with Crippen LogP contribution in [0.25, 0.3) is 0 Å². The molecule has 3 rings (SSSR count). The minimum absolute atomic E-state index is 0.144. The summed E-state index contributed by atoms with van der Waals surface area (Å²) in [7, 11) is 0. The number of nitrogens with zero attached hydrogens (tertiary/aromatic N) is 4. The van der Waals surface area contributed by atoms with Gasteiger partial charge in [-0.25, -0.2) is 9.97 Å². The maximum absolute atomic E-state index is 9.18. The SMILES string of the molecule is OCc1nc(N2CCn3ccnc3C2)ccc1Cl. The van der Waals surface area contributed by atoms with Crippen LogP contribution in [-0.4, -0.2) is 26.2 Å². The van der Waals surface area contributed by atoms with Gasteiger partial charge in [-0.3, -0.25) is 0 Å². The monoisotopic (exact) mass is 264 g/mol. The number of pyridine rings is 1. The lowest BCUT2D eigenvalue weighted by atomic mass is 10.3. The molecule has 0 aliphatic carbocycles. The van der Waals surface area contributed by atoms with Crippen molar-refractivity contribution in [1.29, 1.82) is 0 Å². The Morgan fingerprint density at radius 2 is 2.22 bits per heavy atom. The molecule has 0 saturated heterocycles. The van der Waals surface area contributed by atoms with Gasteiger partial charge in [0.25, 0.3) is 0 Å². The molecule has 0 atom stereocenters. The number of imidazole rings is 1. The van der Waals surface area contributed by atoms with E-state index in [1.54, 1.807) is 6.07 Å². The second-order valence-corrected chi connectivity index (χ2v) is 4.62. The first-order valence-corrected chi connectivity index (χ1v) is 6.17. The molecule has 6 heteroatoms. The summed E-state index contributed by atoms with van der Waals surface area (Å²) in [5.74, 6) is 1.86. The van der Waals surface area contributed by atoms with Crippen LogP contribution in [0.3, 0.4) is 0 Å². The fourth-order valence-electron chi connectivity index (χ4n) is 2.13. The first-order chi connectivity index (χ1) is 8.78. The summed E-state index contributed by atoms with van der Waals surface area (Å²) in [6.07, 6.45) is 3.80. The third kappa shape index (κ3) is 1.95. The van der Waals surface area contributed by atoms with E-state index in [0.717, 1.165) is 31.3 Å². The van der Waals surface area contributed by atoms with E-state index in [1.165, 1.54) is 0 Å². The van der Waals surface area contributed by atoms with Crippen molar-refractivity contribution in [3.63, 3.8) is 0 Å². The van der Waals surface area contributed by atoms with Gasteiger partial charge in [0.15, 0.2) is 0 Å². The number of aliphatic hydroxyl groups is 1. The zero-order valence-corrected chi connectivity index (χ0v) is 10.5. The summed E-state index contributed by atoms with van der Waals surface area (Å²) in [6, 6.07) is 3.65. The number of hydrogen-bond acceptors (Lipinski definition) is 4. The molecular formula is C12H13ClN4O. The summed E-state index contributed by atoms with van der Waals surface area (Å²) < 4.78 is 2.14. The van der Waals surface area contributed by atoms with E-state index >= 15 is 0 Å². The fourth-order valence-corrected chi connectivity index (χ4v) is 2.29. The molecule has 5 nitrogen and oxygen atoms in total. The summed E-state index contributed by atoms with van der Waals surface area (Å²) in [5.41, 5.74) is 0.517. The van der Waals surface area contributed by atoms with Gasteiger partial charge in [0.05, 0.1) is 23.9 Å². The van der Waals surface area contributed by atoms with Crippen LogP contribution in [0.2, 0.25) is 5.02 Å². The Labute approximate surface area is 110 Å². The quantitative estimate of drug-likeness (QED) is 0.892. The van der Waals surface area contributed by atoms with Crippen LogP contribution in [0.15, 0.2) is 24.5 Å². The zero-order valence-electron chi connectivity index (χ0n) is 9.75. The molecule has 0 bridgehead atoms. The van der Waals surface area contributed by atoms with E-state index in [2.05, 4.69) is 19.4 Å². The fraction of sp³-hybridized carbons (Fsp3) is 0.333. The van der Waals surface area contributed by atoms with Crippen molar-refractivity contribution >= 4 is 17.4 Å². The van der Waals surface area contributed by atoms with E-state index in [4.69, 9.17) is 11.6 Å². The lowest BCUT2D eigenvalue weighted by Crippen LogP contribution is -2.34. The molecule has 0 unspecified atom stereocenters. The molecule has 2 aromatic heterocycles. The third-order valence-electron chi connectivity index (χ3n) is 3.12. The maximum atomic E-state index is 9.18. The average Bonchev–Trinajstić information content (AvgIpc) is 2.86. The number of fused-ring (bicyclic) bond motifs is 1. The van der Waals surface area contributed by atoms with Crippen molar-refractivity contribution in [3.05, 3.63) is 41.1 Å². The van der Waals surface area contributed by atoms with E-state index in [9.17, 15) is 5.11 Å². The van der Waals surface area contributed by atoms with Gasteiger partial charge in [-0.2, -0.15) is 0 Å². The Kier molecular flexibility index (Phi) is 2.93. The van der Waals surface area contributed by atoms with E-state index in [0.29, 0.717) is 10.7 Å². The number of hydrogen-bond donors (Lipinski definition) is 1. The van der Waals surface area contributed by atoms with Crippen LogP contribution in [0.1, 0.15) is 11.5 Å². The second kappa shape index (κ2) is 4.59. The second-order valence-electron chi connectivity index (χ2n) is 4.21. The van der Waals surface area contributed by atoms with Gasteiger partial charge < -0.3 is 14.6 Å². The highest BCUT2D eigenvalue weighted by atomic mass is 35.5.